The van der Waals surface area contributed by atoms with E-state index < -0.39 is 22.1 Å². The van der Waals surface area contributed by atoms with Crippen molar-refractivity contribution in [3.05, 3.63) is 47.7 Å². The Labute approximate surface area is 194 Å². The molecule has 0 amide bonds. The minimum absolute atomic E-state index is 0.00979. The van der Waals surface area contributed by atoms with E-state index in [4.69, 9.17) is 0 Å². The average Bonchev–Trinajstić information content (AvgIpc) is 2.78. The minimum Gasteiger partial charge on any atom is -0.506 e. The first kappa shape index (κ1) is 25.1. The van der Waals surface area contributed by atoms with Crippen LogP contribution in [0.1, 0.15) is 50.2 Å². The van der Waals surface area contributed by atoms with Crippen LogP contribution < -0.4 is 10.0 Å². The summed E-state index contributed by atoms with van der Waals surface area (Å²) in [5, 5.41) is 32.8. The SMILES string of the molecule is CS(=O)(=O)Nc1cc([C@@H](O)CNC2=CCC(CCC(=O)O)(N3CCCCC3)C=C2)ccc1O. The summed E-state index contributed by atoms with van der Waals surface area (Å²) in [6.07, 6.45) is 10.9. The second kappa shape index (κ2) is 10.6. The van der Waals surface area contributed by atoms with E-state index in [1.54, 1.807) is 0 Å². The van der Waals surface area contributed by atoms with Gasteiger partial charge in [0.1, 0.15) is 5.75 Å². The largest absolute Gasteiger partial charge is 0.506 e. The fraction of sp³-hybridized carbons (Fsp3) is 0.522. The molecule has 1 unspecified atom stereocenters. The number of allylic oxidation sites excluding steroid dienone is 1. The maximum atomic E-state index is 11.5. The Morgan fingerprint density at radius 1 is 1.24 bits per heavy atom. The first-order chi connectivity index (χ1) is 15.6. The number of hydrogen-bond donors (Lipinski definition) is 5. The quantitative estimate of drug-likeness (QED) is 0.322. The number of aliphatic carboxylic acids is 1. The highest BCUT2D eigenvalue weighted by atomic mass is 32.2. The number of anilines is 1. The highest BCUT2D eigenvalue weighted by Gasteiger charge is 2.36. The number of aliphatic hydroxyl groups is 1. The number of hydrogen-bond acceptors (Lipinski definition) is 7. The standard InChI is InChI=1S/C23H33N3O6S/c1-33(31,32)25-19-15-17(5-6-20(19)27)21(28)16-24-18-7-10-23(11-8-18,12-9-22(29)30)26-13-3-2-4-14-26/h5-8,10,15,21,24-25,27-28H,2-4,9,11-14,16H2,1H3,(H,29,30)/t21-,23?/m0/s1. The Morgan fingerprint density at radius 2 is 1.97 bits per heavy atom. The van der Waals surface area contributed by atoms with Gasteiger partial charge in [0.2, 0.25) is 10.0 Å². The molecule has 5 N–H and O–H groups in total. The van der Waals surface area contributed by atoms with Crippen molar-refractivity contribution in [3.8, 4) is 5.75 Å². The Balaban J connectivity index is 1.63. The summed E-state index contributed by atoms with van der Waals surface area (Å²) in [4.78, 5) is 13.6. The third kappa shape index (κ3) is 6.96. The van der Waals surface area contributed by atoms with E-state index >= 15 is 0 Å². The van der Waals surface area contributed by atoms with E-state index in [1.165, 1.54) is 24.6 Å². The van der Waals surface area contributed by atoms with E-state index in [1.807, 2.05) is 12.2 Å². The number of nitrogens with zero attached hydrogens (tertiary/aromatic N) is 1. The van der Waals surface area contributed by atoms with Gasteiger partial charge in [0.15, 0.2) is 0 Å². The number of aliphatic hydroxyl groups excluding tert-OH is 1. The van der Waals surface area contributed by atoms with Gasteiger partial charge >= 0.3 is 5.97 Å². The maximum Gasteiger partial charge on any atom is 0.303 e. The van der Waals surface area contributed by atoms with Gasteiger partial charge in [0.25, 0.3) is 0 Å². The van der Waals surface area contributed by atoms with Crippen molar-refractivity contribution in [2.45, 2.75) is 50.2 Å². The zero-order valence-electron chi connectivity index (χ0n) is 18.8. The van der Waals surface area contributed by atoms with Gasteiger partial charge in [0, 0.05) is 24.2 Å². The van der Waals surface area contributed by atoms with E-state index in [0.717, 1.165) is 37.9 Å². The Morgan fingerprint density at radius 3 is 2.58 bits per heavy atom. The highest BCUT2D eigenvalue weighted by Crippen LogP contribution is 2.34. The van der Waals surface area contributed by atoms with Crippen LogP contribution in [-0.2, 0) is 14.8 Å². The molecule has 2 aliphatic rings. The van der Waals surface area contributed by atoms with Crippen LogP contribution in [0.15, 0.2) is 42.1 Å². The molecule has 33 heavy (non-hydrogen) atoms. The molecule has 182 valence electrons. The van der Waals surface area contributed by atoms with Crippen molar-refractivity contribution >= 4 is 21.7 Å². The molecule has 9 nitrogen and oxygen atoms in total. The Bertz CT molecular complexity index is 1020. The molecule has 1 aliphatic heterocycles. The van der Waals surface area contributed by atoms with Crippen LogP contribution >= 0.6 is 0 Å². The number of aromatic hydroxyl groups is 1. The molecule has 1 aromatic carbocycles. The van der Waals surface area contributed by atoms with Crippen LogP contribution in [0.2, 0.25) is 0 Å². The topological polar surface area (TPSA) is 139 Å². The predicted molar refractivity (Wildman–Crippen MR) is 126 cm³/mol. The first-order valence-corrected chi connectivity index (χ1v) is 13.1. The van der Waals surface area contributed by atoms with Crippen LogP contribution in [-0.4, -0.2) is 66.0 Å². The third-order valence-corrected chi connectivity index (χ3v) is 6.80. The fourth-order valence-electron chi connectivity index (χ4n) is 4.41. The van der Waals surface area contributed by atoms with Crippen LogP contribution in [0.25, 0.3) is 0 Å². The molecule has 0 saturated carbocycles. The van der Waals surface area contributed by atoms with Crippen molar-refractivity contribution < 1.29 is 28.5 Å². The number of likely N-dealkylation sites (tertiary alicyclic amines) is 1. The average molecular weight is 480 g/mol. The molecule has 0 bridgehead atoms. The molecule has 0 radical (unpaired) electrons. The lowest BCUT2D eigenvalue weighted by atomic mass is 9.82. The summed E-state index contributed by atoms with van der Waals surface area (Å²) in [6.45, 7) is 2.11. The van der Waals surface area contributed by atoms with Gasteiger partial charge in [-0.25, -0.2) is 8.42 Å². The van der Waals surface area contributed by atoms with Gasteiger partial charge in [-0.3, -0.25) is 14.4 Å². The summed E-state index contributed by atoms with van der Waals surface area (Å²) in [7, 11) is -3.57. The number of rotatable bonds is 10. The molecule has 0 spiro atoms. The lowest BCUT2D eigenvalue weighted by Gasteiger charge is -2.45. The van der Waals surface area contributed by atoms with Gasteiger partial charge in [0.05, 0.1) is 18.0 Å². The zero-order valence-corrected chi connectivity index (χ0v) is 19.6. The van der Waals surface area contributed by atoms with E-state index in [9.17, 15) is 28.5 Å². The minimum atomic E-state index is -3.57. The maximum absolute atomic E-state index is 11.5. The van der Waals surface area contributed by atoms with Crippen LogP contribution in [0, 0.1) is 0 Å². The Hall–Kier alpha value is -2.56. The summed E-state index contributed by atoms with van der Waals surface area (Å²) in [5.74, 6) is -1.02. The van der Waals surface area contributed by atoms with Gasteiger partial charge < -0.3 is 20.6 Å². The number of carbonyl (C=O) groups is 1. The fourth-order valence-corrected chi connectivity index (χ4v) is 4.98. The van der Waals surface area contributed by atoms with Crippen molar-refractivity contribution in [3.63, 3.8) is 0 Å². The van der Waals surface area contributed by atoms with Crippen molar-refractivity contribution in [2.24, 2.45) is 0 Å². The molecule has 10 heteroatoms. The number of carboxylic acid groups (broad SMARTS) is 1. The number of benzene rings is 1. The predicted octanol–water partition coefficient (Wildman–Crippen LogP) is 2.32. The number of carboxylic acids is 1. The van der Waals surface area contributed by atoms with Gasteiger partial charge in [-0.2, -0.15) is 0 Å². The second-order valence-corrected chi connectivity index (χ2v) is 10.5. The zero-order chi connectivity index (χ0) is 24.1. The van der Waals surface area contributed by atoms with E-state index in [0.29, 0.717) is 18.4 Å². The highest BCUT2D eigenvalue weighted by molar-refractivity contribution is 7.92. The van der Waals surface area contributed by atoms with Gasteiger partial charge in [-0.1, -0.05) is 24.6 Å². The smallest absolute Gasteiger partial charge is 0.303 e. The number of nitrogens with one attached hydrogen (secondary N) is 2. The molecule has 2 atom stereocenters. The third-order valence-electron chi connectivity index (χ3n) is 6.21. The van der Waals surface area contributed by atoms with Crippen molar-refractivity contribution in [1.82, 2.24) is 10.2 Å². The number of phenols is 1. The molecule has 1 saturated heterocycles. The molecular formula is C23H33N3O6S. The number of piperidine rings is 1. The summed E-state index contributed by atoms with van der Waals surface area (Å²) in [6, 6.07) is 4.27. The molecule has 1 heterocycles. The van der Waals surface area contributed by atoms with E-state index in [-0.39, 0.29) is 29.9 Å². The summed E-state index contributed by atoms with van der Waals surface area (Å²) < 4.78 is 25.2. The summed E-state index contributed by atoms with van der Waals surface area (Å²) >= 11 is 0. The molecule has 1 aliphatic carbocycles. The number of phenolic OH excluding ortho intramolecular Hbond substituents is 1. The lowest BCUT2D eigenvalue weighted by molar-refractivity contribution is -0.137. The van der Waals surface area contributed by atoms with Crippen molar-refractivity contribution in [1.29, 1.82) is 0 Å². The normalized spacial score (nSPS) is 22.4. The van der Waals surface area contributed by atoms with Crippen molar-refractivity contribution in [2.75, 3.05) is 30.6 Å². The van der Waals surface area contributed by atoms with Gasteiger partial charge in [-0.05, 0) is 62.5 Å². The van der Waals surface area contributed by atoms with Crippen LogP contribution in [0.4, 0.5) is 5.69 Å². The van der Waals surface area contributed by atoms with Gasteiger partial charge in [-0.15, -0.1) is 0 Å². The Kier molecular flexibility index (Phi) is 8.04. The second-order valence-electron chi connectivity index (χ2n) is 8.79. The molecule has 3 rings (SSSR count). The summed E-state index contributed by atoms with van der Waals surface area (Å²) in [5.41, 5.74) is 1.00. The molecule has 1 aromatic rings. The first-order valence-electron chi connectivity index (χ1n) is 11.2. The van der Waals surface area contributed by atoms with Crippen LogP contribution in [0.3, 0.4) is 0 Å². The molecular weight excluding hydrogens is 446 g/mol. The number of sulfonamides is 1. The molecule has 0 aromatic heterocycles. The lowest BCUT2D eigenvalue weighted by Crippen LogP contribution is -2.50. The van der Waals surface area contributed by atoms with Crippen LogP contribution in [0.5, 0.6) is 5.75 Å². The monoisotopic (exact) mass is 479 g/mol. The molecule has 1 fully saturated rings. The van der Waals surface area contributed by atoms with E-state index in [2.05, 4.69) is 21.0 Å².